The molecule has 0 aromatic carbocycles. The summed E-state index contributed by atoms with van der Waals surface area (Å²) in [5.74, 6) is 0. The minimum absolute atomic E-state index is 0.134. The van der Waals surface area contributed by atoms with Gasteiger partial charge in [-0.25, -0.2) is 4.79 Å². The minimum atomic E-state index is -0.449. The van der Waals surface area contributed by atoms with Gasteiger partial charge in [0.15, 0.2) is 0 Å². The van der Waals surface area contributed by atoms with Crippen LogP contribution in [0.25, 0.3) is 0 Å². The van der Waals surface area contributed by atoms with Gasteiger partial charge in [-0.2, -0.15) is 0 Å². The van der Waals surface area contributed by atoms with Crippen LogP contribution in [0.5, 0.6) is 0 Å². The molecule has 2 rings (SSSR count). The zero-order chi connectivity index (χ0) is 16.3. The third-order valence-electron chi connectivity index (χ3n) is 3.95. The number of piperazine rings is 1. The van der Waals surface area contributed by atoms with Crippen LogP contribution in [-0.2, 0) is 4.74 Å². The maximum absolute atomic E-state index is 12.2. The lowest BCUT2D eigenvalue weighted by atomic mass is 10.1. The molecule has 0 saturated carbocycles. The summed E-state index contributed by atoms with van der Waals surface area (Å²) in [4.78, 5) is 20.9. The number of carbonyl (C=O) groups is 1. The fraction of sp³-hybridized carbons (Fsp3) is 0.647. The standard InChI is InChI=1S/C17H27N3O2/c1-13-12-19(14(2)15-8-6-7-9-18-15)10-11-20(13)16(21)22-17(3,4)5/h6-9,13-14H,10-12H2,1-5H3/t13-,14+/m0/s1. The van der Waals surface area contributed by atoms with Crippen LogP contribution >= 0.6 is 0 Å². The Morgan fingerprint density at radius 3 is 2.64 bits per heavy atom. The van der Waals surface area contributed by atoms with Crippen molar-refractivity contribution >= 4 is 6.09 Å². The predicted molar refractivity (Wildman–Crippen MR) is 86.6 cm³/mol. The molecule has 0 spiro atoms. The van der Waals surface area contributed by atoms with E-state index in [1.54, 1.807) is 0 Å². The molecule has 5 heteroatoms. The van der Waals surface area contributed by atoms with Crippen LogP contribution in [0.3, 0.4) is 0 Å². The van der Waals surface area contributed by atoms with Crippen molar-refractivity contribution < 1.29 is 9.53 Å². The summed E-state index contributed by atoms with van der Waals surface area (Å²) < 4.78 is 5.48. The van der Waals surface area contributed by atoms with E-state index in [1.165, 1.54) is 0 Å². The number of ether oxygens (including phenoxy) is 1. The second-order valence-corrected chi connectivity index (χ2v) is 6.95. The van der Waals surface area contributed by atoms with Crippen LogP contribution in [0.1, 0.15) is 46.4 Å². The molecule has 1 amide bonds. The van der Waals surface area contributed by atoms with Gasteiger partial charge in [0.2, 0.25) is 0 Å². The van der Waals surface area contributed by atoms with Gasteiger partial charge in [-0.1, -0.05) is 6.07 Å². The van der Waals surface area contributed by atoms with Crippen LogP contribution in [-0.4, -0.2) is 52.2 Å². The molecule has 0 radical (unpaired) electrons. The van der Waals surface area contributed by atoms with Crippen molar-refractivity contribution in [1.82, 2.24) is 14.8 Å². The SMILES string of the molecule is C[C@H](c1ccccn1)N1CCN(C(=O)OC(C)(C)C)[C@@H](C)C1. The molecule has 5 nitrogen and oxygen atoms in total. The first-order valence-corrected chi connectivity index (χ1v) is 7.92. The molecular formula is C17H27N3O2. The fourth-order valence-corrected chi connectivity index (χ4v) is 2.74. The van der Waals surface area contributed by atoms with Crippen molar-refractivity contribution in [2.45, 2.75) is 52.3 Å². The quantitative estimate of drug-likeness (QED) is 0.842. The first kappa shape index (κ1) is 16.7. The molecular weight excluding hydrogens is 278 g/mol. The summed E-state index contributed by atoms with van der Waals surface area (Å²) in [6.45, 7) is 12.3. The highest BCUT2D eigenvalue weighted by molar-refractivity contribution is 5.68. The number of aromatic nitrogens is 1. The predicted octanol–water partition coefficient (Wildman–Crippen LogP) is 3.08. The van der Waals surface area contributed by atoms with E-state index in [0.717, 1.165) is 18.8 Å². The second-order valence-electron chi connectivity index (χ2n) is 6.95. The van der Waals surface area contributed by atoms with Crippen molar-refractivity contribution in [2.24, 2.45) is 0 Å². The van der Waals surface area contributed by atoms with Crippen molar-refractivity contribution in [2.75, 3.05) is 19.6 Å². The number of hydrogen-bond acceptors (Lipinski definition) is 4. The van der Waals surface area contributed by atoms with Crippen LogP contribution < -0.4 is 0 Å². The van der Waals surface area contributed by atoms with Crippen molar-refractivity contribution in [1.29, 1.82) is 0 Å². The van der Waals surface area contributed by atoms with Crippen LogP contribution in [0, 0.1) is 0 Å². The molecule has 22 heavy (non-hydrogen) atoms. The van der Waals surface area contributed by atoms with Gasteiger partial charge in [-0.3, -0.25) is 9.88 Å². The highest BCUT2D eigenvalue weighted by atomic mass is 16.6. The van der Waals surface area contributed by atoms with Gasteiger partial charge in [0.1, 0.15) is 5.60 Å². The van der Waals surface area contributed by atoms with E-state index in [0.29, 0.717) is 6.54 Å². The van der Waals surface area contributed by atoms with Crippen molar-refractivity contribution in [3.8, 4) is 0 Å². The van der Waals surface area contributed by atoms with E-state index in [1.807, 2.05) is 44.0 Å². The lowest BCUT2D eigenvalue weighted by Crippen LogP contribution is -2.55. The fourth-order valence-electron chi connectivity index (χ4n) is 2.74. The molecule has 1 aromatic heterocycles. The third-order valence-corrected chi connectivity index (χ3v) is 3.95. The Balaban J connectivity index is 1.96. The number of hydrogen-bond donors (Lipinski definition) is 0. The summed E-state index contributed by atoms with van der Waals surface area (Å²) in [5.41, 5.74) is 0.621. The molecule has 1 aliphatic rings. The summed E-state index contributed by atoms with van der Waals surface area (Å²) in [6.07, 6.45) is 1.61. The van der Waals surface area contributed by atoms with E-state index >= 15 is 0 Å². The van der Waals surface area contributed by atoms with Crippen LogP contribution in [0.2, 0.25) is 0 Å². The lowest BCUT2D eigenvalue weighted by molar-refractivity contribution is -0.00371. The average Bonchev–Trinajstić information content (AvgIpc) is 2.45. The summed E-state index contributed by atoms with van der Waals surface area (Å²) >= 11 is 0. The first-order chi connectivity index (χ1) is 10.3. The zero-order valence-corrected chi connectivity index (χ0v) is 14.2. The van der Waals surface area contributed by atoms with Gasteiger partial charge in [-0.15, -0.1) is 0 Å². The lowest BCUT2D eigenvalue weighted by Gasteiger charge is -2.42. The Hall–Kier alpha value is -1.62. The van der Waals surface area contributed by atoms with Gasteiger partial charge in [0.25, 0.3) is 0 Å². The smallest absolute Gasteiger partial charge is 0.410 e. The van der Waals surface area contributed by atoms with E-state index < -0.39 is 5.60 Å². The molecule has 122 valence electrons. The number of nitrogens with zero attached hydrogens (tertiary/aromatic N) is 3. The van der Waals surface area contributed by atoms with Gasteiger partial charge in [-0.05, 0) is 46.8 Å². The van der Waals surface area contributed by atoms with Crippen LogP contribution in [0.15, 0.2) is 24.4 Å². The summed E-state index contributed by atoms with van der Waals surface area (Å²) in [7, 11) is 0. The maximum Gasteiger partial charge on any atom is 0.410 e. The molecule has 0 N–H and O–H groups in total. The Morgan fingerprint density at radius 1 is 1.36 bits per heavy atom. The Kier molecular flexibility index (Phi) is 5.06. The maximum atomic E-state index is 12.2. The number of pyridine rings is 1. The molecule has 0 unspecified atom stereocenters. The largest absolute Gasteiger partial charge is 0.444 e. The first-order valence-electron chi connectivity index (χ1n) is 7.92. The van der Waals surface area contributed by atoms with E-state index in [2.05, 4.69) is 29.8 Å². The molecule has 1 aromatic rings. The van der Waals surface area contributed by atoms with E-state index in [9.17, 15) is 4.79 Å². The molecule has 2 heterocycles. The van der Waals surface area contributed by atoms with E-state index in [-0.39, 0.29) is 18.2 Å². The highest BCUT2D eigenvalue weighted by Crippen LogP contribution is 2.23. The number of carbonyl (C=O) groups excluding carboxylic acids is 1. The third kappa shape index (κ3) is 4.19. The monoisotopic (exact) mass is 305 g/mol. The minimum Gasteiger partial charge on any atom is -0.444 e. The molecule has 0 aliphatic carbocycles. The Bertz CT molecular complexity index is 498. The van der Waals surface area contributed by atoms with Gasteiger partial charge in [0, 0.05) is 37.9 Å². The van der Waals surface area contributed by atoms with E-state index in [4.69, 9.17) is 4.74 Å². The summed E-state index contributed by atoms with van der Waals surface area (Å²) in [6, 6.07) is 6.38. The zero-order valence-electron chi connectivity index (χ0n) is 14.2. The Morgan fingerprint density at radius 2 is 2.09 bits per heavy atom. The van der Waals surface area contributed by atoms with Crippen LogP contribution in [0.4, 0.5) is 4.79 Å². The molecule has 1 saturated heterocycles. The number of amides is 1. The molecule has 0 bridgehead atoms. The topological polar surface area (TPSA) is 45.7 Å². The summed E-state index contributed by atoms with van der Waals surface area (Å²) in [5, 5.41) is 0. The molecule has 2 atom stereocenters. The molecule has 1 aliphatic heterocycles. The van der Waals surface area contributed by atoms with Crippen molar-refractivity contribution in [3.63, 3.8) is 0 Å². The molecule has 1 fully saturated rings. The normalized spacial score (nSPS) is 21.5. The van der Waals surface area contributed by atoms with Gasteiger partial charge < -0.3 is 9.64 Å². The highest BCUT2D eigenvalue weighted by Gasteiger charge is 2.32. The van der Waals surface area contributed by atoms with Crippen molar-refractivity contribution in [3.05, 3.63) is 30.1 Å². The second kappa shape index (κ2) is 6.65. The average molecular weight is 305 g/mol. The van der Waals surface area contributed by atoms with Gasteiger partial charge >= 0.3 is 6.09 Å². The van der Waals surface area contributed by atoms with Gasteiger partial charge in [0.05, 0.1) is 5.69 Å². The Labute approximate surface area is 133 Å². The number of rotatable bonds is 2.